The summed E-state index contributed by atoms with van der Waals surface area (Å²) in [5, 5.41) is 3.09. The molecule has 0 spiro atoms. The van der Waals surface area contributed by atoms with Crippen LogP contribution in [0.3, 0.4) is 0 Å². The quantitative estimate of drug-likeness (QED) is 0.929. The van der Waals surface area contributed by atoms with Gasteiger partial charge in [-0.15, -0.1) is 0 Å². The Morgan fingerprint density at radius 2 is 2.08 bits per heavy atom. The van der Waals surface area contributed by atoms with Crippen molar-refractivity contribution >= 4 is 17.1 Å². The summed E-state index contributed by atoms with van der Waals surface area (Å²) in [5.41, 5.74) is 1.74. The van der Waals surface area contributed by atoms with Gasteiger partial charge in [-0.1, -0.05) is 12.1 Å². The van der Waals surface area contributed by atoms with Crippen LogP contribution in [0.1, 0.15) is 44.4 Å². The molecule has 2 aromatic rings. The van der Waals surface area contributed by atoms with Crippen molar-refractivity contribution in [1.29, 1.82) is 0 Å². The second-order valence-corrected chi connectivity index (χ2v) is 7.07. The summed E-state index contributed by atoms with van der Waals surface area (Å²) in [5.74, 6) is 1.08. The van der Waals surface area contributed by atoms with E-state index >= 15 is 0 Å². The molecule has 2 saturated heterocycles. The third kappa shape index (κ3) is 3.49. The predicted molar refractivity (Wildman–Crippen MR) is 94.5 cm³/mol. The molecular weight excluding hydrogens is 318 g/mol. The number of rotatable bonds is 3. The van der Waals surface area contributed by atoms with Crippen LogP contribution in [0.4, 0.5) is 4.79 Å². The number of fused-ring (bicyclic) bond motifs is 1. The van der Waals surface area contributed by atoms with Crippen LogP contribution in [0.15, 0.2) is 28.7 Å². The third-order valence-corrected chi connectivity index (χ3v) is 5.32. The number of hydrogen-bond donors (Lipinski definition) is 1. The Morgan fingerprint density at radius 1 is 1.28 bits per heavy atom. The number of nitrogens with one attached hydrogen (secondary N) is 1. The van der Waals surface area contributed by atoms with Crippen LogP contribution in [0, 0.1) is 0 Å². The van der Waals surface area contributed by atoms with E-state index in [-0.39, 0.29) is 24.1 Å². The van der Waals surface area contributed by atoms with E-state index < -0.39 is 0 Å². The number of carbonyl (C=O) groups is 1. The number of oxazole rings is 1. The number of para-hydroxylation sites is 2. The molecule has 25 heavy (non-hydrogen) atoms. The Balaban J connectivity index is 1.32. The summed E-state index contributed by atoms with van der Waals surface area (Å²) < 4.78 is 11.5. The molecule has 0 radical (unpaired) electrons. The molecule has 2 atom stereocenters. The first-order valence-corrected chi connectivity index (χ1v) is 9.23. The van der Waals surface area contributed by atoms with Crippen LogP contribution in [0.5, 0.6) is 0 Å². The van der Waals surface area contributed by atoms with Gasteiger partial charge in [0, 0.05) is 25.6 Å². The Labute approximate surface area is 147 Å². The third-order valence-electron chi connectivity index (χ3n) is 5.32. The van der Waals surface area contributed by atoms with E-state index in [0.717, 1.165) is 62.4 Å². The number of aromatic nitrogens is 1. The molecule has 1 N–H and O–H groups in total. The second kappa shape index (κ2) is 7.04. The minimum Gasteiger partial charge on any atom is -0.440 e. The molecule has 6 heteroatoms. The maximum absolute atomic E-state index is 12.5. The SMILES string of the molecule is C[C@H](NC(=O)N1CCC(c2nc3ccccc3o2)CC1)[C@@H]1CCCO1. The zero-order valence-electron chi connectivity index (χ0n) is 14.6. The van der Waals surface area contributed by atoms with Crippen LogP contribution in [0.25, 0.3) is 11.1 Å². The fourth-order valence-corrected chi connectivity index (χ4v) is 3.77. The highest BCUT2D eigenvalue weighted by molar-refractivity contribution is 5.75. The number of carbonyl (C=O) groups excluding carboxylic acids is 1. The van der Waals surface area contributed by atoms with E-state index in [1.165, 1.54) is 0 Å². The fraction of sp³-hybridized carbons (Fsp3) is 0.579. The van der Waals surface area contributed by atoms with Crippen LogP contribution in [-0.2, 0) is 4.74 Å². The Bertz CT molecular complexity index is 697. The summed E-state index contributed by atoms with van der Waals surface area (Å²) in [6.07, 6.45) is 4.03. The number of urea groups is 1. The Hall–Kier alpha value is -2.08. The van der Waals surface area contributed by atoms with Crippen molar-refractivity contribution in [2.24, 2.45) is 0 Å². The van der Waals surface area contributed by atoms with Crippen molar-refractivity contribution < 1.29 is 13.9 Å². The van der Waals surface area contributed by atoms with Gasteiger partial charge in [0.2, 0.25) is 0 Å². The monoisotopic (exact) mass is 343 g/mol. The molecule has 134 valence electrons. The maximum Gasteiger partial charge on any atom is 0.317 e. The summed E-state index contributed by atoms with van der Waals surface area (Å²) in [4.78, 5) is 19.0. The van der Waals surface area contributed by atoms with Crippen molar-refractivity contribution in [3.05, 3.63) is 30.2 Å². The maximum atomic E-state index is 12.5. The lowest BCUT2D eigenvalue weighted by Crippen LogP contribution is -2.49. The summed E-state index contributed by atoms with van der Waals surface area (Å²) in [6, 6.07) is 7.91. The van der Waals surface area contributed by atoms with Gasteiger partial charge in [0.15, 0.2) is 11.5 Å². The number of nitrogens with zero attached hydrogens (tertiary/aromatic N) is 2. The van der Waals surface area contributed by atoms with Gasteiger partial charge in [-0.3, -0.25) is 0 Å². The molecular formula is C19H25N3O3. The van der Waals surface area contributed by atoms with Crippen LogP contribution in [-0.4, -0.2) is 47.8 Å². The molecule has 1 aromatic carbocycles. The molecule has 1 aromatic heterocycles. The van der Waals surface area contributed by atoms with Gasteiger partial charge in [-0.05, 0) is 44.7 Å². The largest absolute Gasteiger partial charge is 0.440 e. The zero-order valence-corrected chi connectivity index (χ0v) is 14.6. The average molecular weight is 343 g/mol. The van der Waals surface area contributed by atoms with E-state index in [1.54, 1.807) is 0 Å². The zero-order chi connectivity index (χ0) is 17.2. The van der Waals surface area contributed by atoms with E-state index in [1.807, 2.05) is 36.1 Å². The average Bonchev–Trinajstić information content (AvgIpc) is 3.31. The number of hydrogen-bond acceptors (Lipinski definition) is 4. The summed E-state index contributed by atoms with van der Waals surface area (Å²) >= 11 is 0. The standard InChI is InChI=1S/C19H25N3O3/c1-13(16-7-4-12-24-16)20-19(23)22-10-8-14(9-11-22)18-21-15-5-2-3-6-17(15)25-18/h2-3,5-6,13-14,16H,4,7-12H2,1H3,(H,20,23)/t13-,16-/m0/s1. The predicted octanol–water partition coefficient (Wildman–Crippen LogP) is 3.28. The van der Waals surface area contributed by atoms with Crippen molar-refractivity contribution in [3.63, 3.8) is 0 Å². The van der Waals surface area contributed by atoms with Gasteiger partial charge < -0.3 is 19.4 Å². The second-order valence-electron chi connectivity index (χ2n) is 7.07. The topological polar surface area (TPSA) is 67.6 Å². The molecule has 6 nitrogen and oxygen atoms in total. The van der Waals surface area contributed by atoms with Crippen LogP contribution >= 0.6 is 0 Å². The van der Waals surface area contributed by atoms with E-state index in [0.29, 0.717) is 0 Å². The van der Waals surface area contributed by atoms with E-state index in [2.05, 4.69) is 10.3 Å². The van der Waals surface area contributed by atoms with Crippen molar-refractivity contribution in [3.8, 4) is 0 Å². The molecule has 0 saturated carbocycles. The Kier molecular flexibility index (Phi) is 4.61. The van der Waals surface area contributed by atoms with Gasteiger partial charge in [-0.25, -0.2) is 9.78 Å². The van der Waals surface area contributed by atoms with E-state index in [4.69, 9.17) is 9.15 Å². The molecule has 2 amide bonds. The molecule has 2 aliphatic rings. The first-order valence-electron chi connectivity index (χ1n) is 9.23. The van der Waals surface area contributed by atoms with Crippen molar-refractivity contribution in [1.82, 2.24) is 15.2 Å². The first-order chi connectivity index (χ1) is 12.2. The van der Waals surface area contributed by atoms with Crippen LogP contribution in [0.2, 0.25) is 0 Å². The summed E-state index contributed by atoms with van der Waals surface area (Å²) in [7, 11) is 0. The van der Waals surface area contributed by atoms with Gasteiger partial charge >= 0.3 is 6.03 Å². The number of benzene rings is 1. The first kappa shape index (κ1) is 16.4. The number of piperidine rings is 1. The molecule has 2 fully saturated rings. The van der Waals surface area contributed by atoms with Crippen molar-refractivity contribution in [2.75, 3.05) is 19.7 Å². The highest BCUT2D eigenvalue weighted by Crippen LogP contribution is 2.30. The lowest BCUT2D eigenvalue weighted by atomic mass is 9.97. The molecule has 0 aliphatic carbocycles. The van der Waals surface area contributed by atoms with Crippen molar-refractivity contribution in [2.45, 2.75) is 50.7 Å². The molecule has 0 unspecified atom stereocenters. The lowest BCUT2D eigenvalue weighted by molar-refractivity contribution is 0.0823. The minimum absolute atomic E-state index is 0.0130. The van der Waals surface area contributed by atoms with E-state index in [9.17, 15) is 4.79 Å². The Morgan fingerprint density at radius 3 is 2.80 bits per heavy atom. The molecule has 0 bridgehead atoms. The highest BCUT2D eigenvalue weighted by atomic mass is 16.5. The molecule has 2 aliphatic heterocycles. The smallest absolute Gasteiger partial charge is 0.317 e. The molecule has 4 rings (SSSR count). The van der Waals surface area contributed by atoms with Gasteiger partial charge in [0.1, 0.15) is 5.52 Å². The fourth-order valence-electron chi connectivity index (χ4n) is 3.77. The van der Waals surface area contributed by atoms with Gasteiger partial charge in [0.25, 0.3) is 0 Å². The number of amides is 2. The number of likely N-dealkylation sites (tertiary alicyclic amines) is 1. The summed E-state index contributed by atoms with van der Waals surface area (Å²) in [6.45, 7) is 4.29. The lowest BCUT2D eigenvalue weighted by Gasteiger charge is -2.32. The van der Waals surface area contributed by atoms with Gasteiger partial charge in [-0.2, -0.15) is 0 Å². The normalized spacial score (nSPS) is 23.1. The molecule has 3 heterocycles. The minimum atomic E-state index is 0.0130. The van der Waals surface area contributed by atoms with Gasteiger partial charge in [0.05, 0.1) is 12.1 Å². The number of ether oxygens (including phenoxy) is 1. The van der Waals surface area contributed by atoms with Crippen LogP contribution < -0.4 is 5.32 Å². The highest BCUT2D eigenvalue weighted by Gasteiger charge is 2.29.